The highest BCUT2D eigenvalue weighted by Gasteiger charge is 2.40. The lowest BCUT2D eigenvalue weighted by Crippen LogP contribution is -2.61. The van der Waals surface area contributed by atoms with E-state index in [1.54, 1.807) is 50.2 Å². The maximum absolute atomic E-state index is 15.4. The van der Waals surface area contributed by atoms with Crippen molar-refractivity contribution >= 4 is 117 Å². The molecule has 32 nitrogen and oxygen atoms in total. The van der Waals surface area contributed by atoms with Crippen LogP contribution in [0.4, 0.5) is 21.0 Å². The number of hydrogen-bond acceptors (Lipinski definition) is 17. The van der Waals surface area contributed by atoms with Crippen LogP contribution in [0.2, 0.25) is 5.02 Å². The van der Waals surface area contributed by atoms with Crippen molar-refractivity contribution in [2.75, 3.05) is 30.3 Å². The predicted octanol–water partition coefficient (Wildman–Crippen LogP) is 2.61. The van der Waals surface area contributed by atoms with E-state index < -0.39 is 156 Å². The van der Waals surface area contributed by atoms with Gasteiger partial charge in [-0.2, -0.15) is 0 Å². The Labute approximate surface area is 652 Å². The summed E-state index contributed by atoms with van der Waals surface area (Å²) in [5.41, 5.74) is 8.12. The molecule has 0 saturated carbocycles. The number of likely N-dealkylation sites (tertiary alicyclic amines) is 1. The summed E-state index contributed by atoms with van der Waals surface area (Å²) in [7, 11) is 0. The van der Waals surface area contributed by atoms with Gasteiger partial charge in [-0.15, -0.1) is 0 Å². The van der Waals surface area contributed by atoms with E-state index in [0.29, 0.717) is 58.6 Å². The van der Waals surface area contributed by atoms with Crippen LogP contribution in [-0.4, -0.2) is 189 Å². The van der Waals surface area contributed by atoms with E-state index in [9.17, 15) is 67.7 Å². The monoisotopic (exact) mass is 1560 g/mol. The number of imide groups is 1. The molecule has 0 aliphatic carbocycles. The van der Waals surface area contributed by atoms with Gasteiger partial charge in [-0.1, -0.05) is 124 Å². The number of carbonyl (C=O) groups is 14. The number of aromatic nitrogens is 1. The van der Waals surface area contributed by atoms with Gasteiger partial charge in [0.05, 0.1) is 13.0 Å². The predicted molar refractivity (Wildman–Crippen MR) is 415 cm³/mol. The summed E-state index contributed by atoms with van der Waals surface area (Å²) in [4.78, 5) is 199. The van der Waals surface area contributed by atoms with Gasteiger partial charge in [0, 0.05) is 80.4 Å². The van der Waals surface area contributed by atoms with Crippen LogP contribution in [0.3, 0.4) is 0 Å². The number of aliphatic carboxylic acids is 1. The quantitative estimate of drug-likeness (QED) is 0.0247. The smallest absolute Gasteiger partial charge is 0.326 e. The molecule has 33 heteroatoms. The molecule has 10 atom stereocenters. The average Bonchev–Trinajstić information content (AvgIpc) is 1.80. The average molecular weight is 1560 g/mol. The third-order valence-corrected chi connectivity index (χ3v) is 18.9. The van der Waals surface area contributed by atoms with E-state index in [1.165, 1.54) is 72.7 Å². The molecule has 0 unspecified atom stereocenters. The highest BCUT2D eigenvalue weighted by Crippen LogP contribution is 2.23. The second kappa shape index (κ2) is 41.8. The molecule has 0 spiro atoms. The SMILES string of the molecule is CC(=O)N[C@H](Cc1ccc2ccccc2c1)C(=O)N[C@H](Cc1ccc(Cl)cc1)C(=O)N[C@H](Cc1cccnc1)C(=O)N[C@@H](CO)C(=O)N[C@@H](Cc1ccc(NC(=O)[C@@H]2CC(=O)NC(=O)N2)cc1)C(=O)N[C@@H](Cc1ccc(NC(N)=O)cc1)C(=O)N[C@@H](CC(C)C)C(=O)N[C@@H](CCCCNC(C)C)C(=O)N1CCC[C@H]1C(=O)O. The number of nitrogens with one attached hydrogen (secondary N) is 13. The fourth-order valence-corrected chi connectivity index (χ4v) is 13.1. The Morgan fingerprint density at radius 1 is 0.562 bits per heavy atom. The number of pyridine rings is 1. The summed E-state index contributed by atoms with van der Waals surface area (Å²) in [5, 5.41) is 57.8. The molecule has 6 aromatic rings. The third kappa shape index (κ3) is 26.7. The normalized spacial score (nSPS) is 16.1. The van der Waals surface area contributed by atoms with Crippen LogP contribution in [0, 0.1) is 5.92 Å². The molecule has 15 amide bonds. The Kier molecular flexibility index (Phi) is 32.0. The first-order valence-corrected chi connectivity index (χ1v) is 37.4. The van der Waals surface area contributed by atoms with Gasteiger partial charge in [-0.25, -0.2) is 14.4 Å². The molecular formula is C79H97ClN16O16. The van der Waals surface area contributed by atoms with Gasteiger partial charge in [-0.3, -0.25) is 63.0 Å². The molecule has 17 N–H and O–H groups in total. The highest BCUT2D eigenvalue weighted by molar-refractivity contribution is 6.30. The van der Waals surface area contributed by atoms with Crippen molar-refractivity contribution in [3.05, 3.63) is 173 Å². The topological polar surface area (TPSA) is 478 Å². The van der Waals surface area contributed by atoms with Crippen molar-refractivity contribution in [2.24, 2.45) is 11.7 Å². The second-order valence-electron chi connectivity index (χ2n) is 28.5. The number of urea groups is 2. The first kappa shape index (κ1) is 85.7. The van der Waals surface area contributed by atoms with Crippen molar-refractivity contribution in [3.8, 4) is 0 Å². The summed E-state index contributed by atoms with van der Waals surface area (Å²) < 4.78 is 0. The van der Waals surface area contributed by atoms with E-state index in [0.717, 1.165) is 10.8 Å². The summed E-state index contributed by atoms with van der Waals surface area (Å²) >= 11 is 6.26. The van der Waals surface area contributed by atoms with E-state index >= 15 is 9.59 Å². The zero-order chi connectivity index (χ0) is 81.1. The fourth-order valence-electron chi connectivity index (χ4n) is 13.0. The molecule has 112 heavy (non-hydrogen) atoms. The van der Waals surface area contributed by atoms with Crippen LogP contribution in [0.1, 0.15) is 107 Å². The van der Waals surface area contributed by atoms with Gasteiger partial charge < -0.3 is 84.6 Å². The molecule has 0 radical (unpaired) electrons. The van der Waals surface area contributed by atoms with Gasteiger partial charge in [0.1, 0.15) is 60.4 Å². The Hall–Kier alpha value is -11.9. The van der Waals surface area contributed by atoms with Crippen molar-refractivity contribution in [3.63, 3.8) is 0 Å². The van der Waals surface area contributed by atoms with E-state index in [2.05, 4.69) is 68.8 Å². The molecule has 5 aromatic carbocycles. The zero-order valence-electron chi connectivity index (χ0n) is 62.8. The number of amides is 15. The Morgan fingerprint density at radius 2 is 1.04 bits per heavy atom. The van der Waals surface area contributed by atoms with E-state index in [-0.39, 0.29) is 81.2 Å². The number of hydrogen-bond donors (Lipinski definition) is 16. The Morgan fingerprint density at radius 3 is 1.55 bits per heavy atom. The first-order valence-electron chi connectivity index (χ1n) is 37.0. The lowest BCUT2D eigenvalue weighted by Gasteiger charge is -2.30. The number of aliphatic hydroxyl groups is 1. The van der Waals surface area contributed by atoms with Crippen molar-refractivity contribution < 1.29 is 77.3 Å². The third-order valence-electron chi connectivity index (χ3n) is 18.6. The summed E-state index contributed by atoms with van der Waals surface area (Å²) in [6.07, 6.45) is 3.10. The number of carbonyl (C=O) groups excluding carboxylic acids is 13. The molecule has 0 bridgehead atoms. The maximum atomic E-state index is 15.4. The van der Waals surface area contributed by atoms with Crippen LogP contribution in [0.25, 0.3) is 10.8 Å². The standard InChI is InChI=1S/C79H97ClN16O16/c1-44(2)34-58(69(101)87-57(15-8-9-32-83-45(3)4)76(108)96-33-11-16-66(96)77(109)110)88-71(103)61(37-49-22-29-56(30-23-49)86-78(81)111)90-73(105)62(38-48-20-27-55(28-21-48)85-68(100)64-41-67(99)95-79(112)94-64)92-75(107)65(43-97)93-74(106)63(40-51-12-10-31-82-42-51)91-72(104)60(36-47-18-25-54(80)26-19-47)89-70(102)59(84-46(5)98)39-50-17-24-52-13-6-7-14-53(52)35-50/h6-7,10,12-14,17-31,35,42,44-45,57-66,83,97H,8-9,11,15-16,32-34,36-41,43H2,1-5H3,(H,84,98)(H,85,100)(H,87,101)(H,88,103)(H,89,102)(H,90,105)(H,91,104)(H,92,107)(H,93,106)(H,109,110)(H3,81,86,111)(H2,94,95,99,112)/t57-,58-,59+,60+,61-,62-,63+,64-,65-,66-/m0/s1. The summed E-state index contributed by atoms with van der Waals surface area (Å²) in [6.45, 7) is 8.36. The largest absolute Gasteiger partial charge is 0.480 e. The van der Waals surface area contributed by atoms with Gasteiger partial charge in [0.25, 0.3) is 0 Å². The van der Waals surface area contributed by atoms with Crippen LogP contribution < -0.4 is 74.9 Å². The number of aliphatic hydroxyl groups excluding tert-OH is 1. The number of rotatable bonds is 39. The first-order chi connectivity index (χ1) is 53.5. The fraction of sp³-hybridized carbons (Fsp3) is 0.405. The number of fused-ring (bicyclic) bond motifs is 1. The van der Waals surface area contributed by atoms with E-state index in [1.807, 2.05) is 61.6 Å². The van der Waals surface area contributed by atoms with E-state index in [4.69, 9.17) is 17.3 Å². The molecule has 3 heterocycles. The number of unbranched alkanes of at least 4 members (excludes halogenated alkanes) is 1. The zero-order valence-corrected chi connectivity index (χ0v) is 63.5. The van der Waals surface area contributed by atoms with Gasteiger partial charge >= 0.3 is 18.0 Å². The summed E-state index contributed by atoms with van der Waals surface area (Å²) in [5.74, 6) is -10.7. The lowest BCUT2D eigenvalue weighted by molar-refractivity contribution is -0.149. The molecule has 596 valence electrons. The Balaban J connectivity index is 1.09. The highest BCUT2D eigenvalue weighted by atomic mass is 35.5. The molecule has 2 saturated heterocycles. The van der Waals surface area contributed by atoms with Crippen molar-refractivity contribution in [1.29, 1.82) is 0 Å². The molecule has 2 aliphatic rings. The van der Waals surface area contributed by atoms with Gasteiger partial charge in [0.15, 0.2) is 0 Å². The molecular weight excluding hydrogens is 1460 g/mol. The molecule has 2 fully saturated rings. The van der Waals surface area contributed by atoms with Crippen LogP contribution in [-0.2, 0) is 89.6 Å². The Bertz CT molecular complexity index is 4330. The summed E-state index contributed by atoms with van der Waals surface area (Å²) in [6, 6.07) is 18.4. The molecule has 8 rings (SSSR count). The number of primary amides is 1. The van der Waals surface area contributed by atoms with Crippen LogP contribution in [0.5, 0.6) is 0 Å². The van der Waals surface area contributed by atoms with Crippen molar-refractivity contribution in [1.82, 2.24) is 68.4 Å². The minimum Gasteiger partial charge on any atom is -0.480 e. The minimum absolute atomic E-state index is 0.00850. The number of benzene rings is 5. The minimum atomic E-state index is -1.91. The number of carboxylic acid groups (broad SMARTS) is 1. The van der Waals surface area contributed by atoms with Gasteiger partial charge in [0.2, 0.25) is 65.0 Å². The number of nitrogens with zero attached hydrogens (tertiary/aromatic N) is 2. The molecule has 1 aromatic heterocycles. The molecule has 2 aliphatic heterocycles. The number of anilines is 2. The second-order valence-corrected chi connectivity index (χ2v) is 28.9. The maximum Gasteiger partial charge on any atom is 0.326 e. The number of nitrogens with two attached hydrogens (primary N) is 1. The lowest BCUT2D eigenvalue weighted by atomic mass is 9.99. The van der Waals surface area contributed by atoms with Crippen molar-refractivity contribution in [2.45, 2.75) is 178 Å². The van der Waals surface area contributed by atoms with Gasteiger partial charge in [-0.05, 0) is 132 Å². The number of carboxylic acids is 1. The van der Waals surface area contributed by atoms with Crippen LogP contribution >= 0.6 is 11.6 Å². The van der Waals surface area contributed by atoms with Crippen LogP contribution in [0.15, 0.2) is 140 Å². The number of halogens is 1.